The van der Waals surface area contributed by atoms with Gasteiger partial charge in [-0.3, -0.25) is 4.79 Å². The quantitative estimate of drug-likeness (QED) is 0.0270. The van der Waals surface area contributed by atoms with Crippen molar-refractivity contribution in [2.75, 3.05) is 26.4 Å². The molecule has 1 fully saturated rings. The van der Waals surface area contributed by atoms with Gasteiger partial charge in [0.25, 0.3) is 0 Å². The van der Waals surface area contributed by atoms with Gasteiger partial charge in [0.15, 0.2) is 6.29 Å². The normalized spacial score (nSPS) is 20.7. The first-order valence-corrected chi connectivity index (χ1v) is 24.2. The summed E-state index contributed by atoms with van der Waals surface area (Å²) in [5, 5.41) is 40.2. The van der Waals surface area contributed by atoms with E-state index >= 15 is 0 Å². The lowest BCUT2D eigenvalue weighted by Crippen LogP contribution is -2.59. The molecule has 0 amide bonds. The summed E-state index contributed by atoms with van der Waals surface area (Å²) in [5.74, 6) is -0.334. The number of aliphatic hydroxyl groups is 4. The summed E-state index contributed by atoms with van der Waals surface area (Å²) < 4.78 is 22.8. The van der Waals surface area contributed by atoms with Crippen LogP contribution in [-0.2, 0) is 23.7 Å². The molecule has 0 radical (unpaired) electrons. The summed E-state index contributed by atoms with van der Waals surface area (Å²) >= 11 is 0. The molecule has 9 heteroatoms. The number of hydrogen-bond acceptors (Lipinski definition) is 9. The largest absolute Gasteiger partial charge is 0.457 e. The molecule has 1 aliphatic heterocycles. The van der Waals surface area contributed by atoms with Gasteiger partial charge in [-0.1, -0.05) is 170 Å². The number of carbonyl (C=O) groups is 1. The SMILES string of the molecule is CC/C=C\C/C=C\C/C=C\C/C=C\C/C=C\CCCCCCCCCCOCC(COC1OC(CO)C(O)C(O)C1O)OC(=O)CCCCCCC/C=C\C/C=C\CCCC. The van der Waals surface area contributed by atoms with Crippen molar-refractivity contribution in [2.24, 2.45) is 0 Å². The molecule has 350 valence electrons. The average molecular weight is 857 g/mol. The first kappa shape index (κ1) is 56.4. The van der Waals surface area contributed by atoms with Gasteiger partial charge in [-0.25, -0.2) is 0 Å². The summed E-state index contributed by atoms with van der Waals surface area (Å²) in [6.45, 7) is 4.35. The first-order valence-electron chi connectivity index (χ1n) is 24.2. The Hall–Kier alpha value is -2.63. The average Bonchev–Trinajstić information content (AvgIpc) is 3.26. The van der Waals surface area contributed by atoms with E-state index in [-0.39, 0.29) is 19.2 Å². The second-order valence-corrected chi connectivity index (χ2v) is 16.2. The van der Waals surface area contributed by atoms with Crippen LogP contribution in [0.4, 0.5) is 0 Å². The Balaban J connectivity index is 2.23. The molecular formula is C52H88O9. The van der Waals surface area contributed by atoms with Crippen molar-refractivity contribution in [3.63, 3.8) is 0 Å². The Labute approximate surface area is 371 Å². The minimum Gasteiger partial charge on any atom is -0.457 e. The van der Waals surface area contributed by atoms with Gasteiger partial charge in [-0.15, -0.1) is 0 Å². The van der Waals surface area contributed by atoms with Crippen LogP contribution in [0.2, 0.25) is 0 Å². The molecule has 4 N–H and O–H groups in total. The van der Waals surface area contributed by atoms with Gasteiger partial charge in [0.1, 0.15) is 30.5 Å². The fraction of sp³-hybridized carbons (Fsp3) is 0.712. The molecule has 0 saturated carbocycles. The first-order chi connectivity index (χ1) is 29.9. The van der Waals surface area contributed by atoms with E-state index in [0.29, 0.717) is 13.0 Å². The highest BCUT2D eigenvalue weighted by Gasteiger charge is 2.44. The molecule has 1 rings (SSSR count). The number of allylic oxidation sites excluding steroid dienone is 14. The van der Waals surface area contributed by atoms with Crippen LogP contribution in [0.15, 0.2) is 85.1 Å². The molecular weight excluding hydrogens is 769 g/mol. The number of rotatable bonds is 40. The van der Waals surface area contributed by atoms with E-state index in [9.17, 15) is 25.2 Å². The molecule has 61 heavy (non-hydrogen) atoms. The van der Waals surface area contributed by atoms with Crippen molar-refractivity contribution in [3.8, 4) is 0 Å². The Morgan fingerprint density at radius 2 is 1.00 bits per heavy atom. The Bertz CT molecular complexity index is 1200. The third-order valence-corrected chi connectivity index (χ3v) is 10.5. The van der Waals surface area contributed by atoms with E-state index in [2.05, 4.69) is 98.9 Å². The number of carbonyl (C=O) groups excluding carboxylic acids is 1. The van der Waals surface area contributed by atoms with Crippen LogP contribution >= 0.6 is 0 Å². The van der Waals surface area contributed by atoms with Gasteiger partial charge in [0.05, 0.1) is 19.8 Å². The van der Waals surface area contributed by atoms with Crippen LogP contribution in [-0.4, -0.2) is 89.6 Å². The van der Waals surface area contributed by atoms with Crippen LogP contribution in [0.25, 0.3) is 0 Å². The number of hydrogen-bond donors (Lipinski definition) is 4. The summed E-state index contributed by atoms with van der Waals surface area (Å²) in [4.78, 5) is 12.8. The predicted molar refractivity (Wildman–Crippen MR) is 251 cm³/mol. The second kappa shape index (κ2) is 42.7. The smallest absolute Gasteiger partial charge is 0.306 e. The third kappa shape index (κ3) is 33.6. The van der Waals surface area contributed by atoms with E-state index in [1.807, 2.05) is 0 Å². The Morgan fingerprint density at radius 3 is 1.51 bits per heavy atom. The van der Waals surface area contributed by atoms with E-state index < -0.39 is 43.4 Å². The van der Waals surface area contributed by atoms with Crippen LogP contribution in [0.3, 0.4) is 0 Å². The monoisotopic (exact) mass is 857 g/mol. The number of unbranched alkanes of at least 4 members (excludes halogenated alkanes) is 15. The van der Waals surface area contributed by atoms with Crippen LogP contribution in [0, 0.1) is 0 Å². The summed E-state index contributed by atoms with van der Waals surface area (Å²) in [6.07, 6.45) is 50.4. The highest BCUT2D eigenvalue weighted by molar-refractivity contribution is 5.69. The molecule has 9 nitrogen and oxygen atoms in total. The molecule has 1 aliphatic rings. The Morgan fingerprint density at radius 1 is 0.541 bits per heavy atom. The van der Waals surface area contributed by atoms with Gasteiger partial charge < -0.3 is 39.4 Å². The second-order valence-electron chi connectivity index (χ2n) is 16.2. The summed E-state index contributed by atoms with van der Waals surface area (Å²) in [7, 11) is 0. The van der Waals surface area contributed by atoms with Crippen molar-refractivity contribution >= 4 is 5.97 Å². The van der Waals surface area contributed by atoms with E-state index in [1.54, 1.807) is 0 Å². The zero-order valence-corrected chi connectivity index (χ0v) is 38.4. The molecule has 0 spiro atoms. The summed E-state index contributed by atoms with van der Waals surface area (Å²) in [6, 6.07) is 0. The minimum atomic E-state index is -1.55. The highest BCUT2D eigenvalue weighted by Crippen LogP contribution is 2.22. The summed E-state index contributed by atoms with van der Waals surface area (Å²) in [5.41, 5.74) is 0. The van der Waals surface area contributed by atoms with Crippen LogP contribution < -0.4 is 0 Å². The third-order valence-electron chi connectivity index (χ3n) is 10.5. The zero-order valence-electron chi connectivity index (χ0n) is 38.4. The maximum atomic E-state index is 12.8. The molecule has 0 aliphatic carbocycles. The molecule has 1 saturated heterocycles. The molecule has 6 unspecified atom stereocenters. The topological polar surface area (TPSA) is 135 Å². The molecule has 0 aromatic heterocycles. The maximum absolute atomic E-state index is 12.8. The highest BCUT2D eigenvalue weighted by atomic mass is 16.7. The van der Waals surface area contributed by atoms with Gasteiger partial charge >= 0.3 is 5.97 Å². The van der Waals surface area contributed by atoms with Gasteiger partial charge in [0.2, 0.25) is 0 Å². The standard InChI is InChI=1S/C52H88O9/c1-3-5-7-9-11-13-15-17-19-20-21-22-23-24-25-26-27-28-30-32-34-36-38-40-42-58-44-46(45-59-52-51(57)50(56)49(55)47(43-53)61-52)60-48(54)41-39-37-35-33-31-29-18-16-14-12-10-8-6-4-2/h5,7,10-13,16-19,21-22,24-25,46-47,49-53,55-57H,3-4,6,8-9,14-15,20,23,26-45H2,1-2H3/b7-5-,12-10-,13-11-,18-16-,19-17-,22-21-,25-24-. The van der Waals surface area contributed by atoms with Crippen molar-refractivity contribution in [3.05, 3.63) is 85.1 Å². The van der Waals surface area contributed by atoms with Crippen molar-refractivity contribution < 1.29 is 44.2 Å². The van der Waals surface area contributed by atoms with Crippen molar-refractivity contribution in [1.29, 1.82) is 0 Å². The van der Waals surface area contributed by atoms with E-state index in [1.165, 1.54) is 44.9 Å². The molecule has 6 atom stereocenters. The fourth-order valence-electron chi connectivity index (χ4n) is 6.77. The van der Waals surface area contributed by atoms with Gasteiger partial charge in [0, 0.05) is 13.0 Å². The molecule has 0 aromatic carbocycles. The van der Waals surface area contributed by atoms with Crippen LogP contribution in [0.5, 0.6) is 0 Å². The number of aliphatic hydroxyl groups excluding tert-OH is 4. The lowest BCUT2D eigenvalue weighted by atomic mass is 9.99. The van der Waals surface area contributed by atoms with Gasteiger partial charge in [-0.05, 0) is 83.5 Å². The molecule has 0 aromatic rings. The van der Waals surface area contributed by atoms with Crippen molar-refractivity contribution in [1.82, 2.24) is 0 Å². The van der Waals surface area contributed by atoms with Crippen molar-refractivity contribution in [2.45, 2.75) is 211 Å². The minimum absolute atomic E-state index is 0.127. The Kier molecular flexibility index (Phi) is 39.4. The fourth-order valence-corrected chi connectivity index (χ4v) is 6.77. The maximum Gasteiger partial charge on any atom is 0.306 e. The molecule has 0 bridgehead atoms. The van der Waals surface area contributed by atoms with Crippen LogP contribution in [0.1, 0.15) is 174 Å². The lowest BCUT2D eigenvalue weighted by molar-refractivity contribution is -0.305. The molecule has 1 heterocycles. The zero-order chi connectivity index (χ0) is 44.3. The lowest BCUT2D eigenvalue weighted by Gasteiger charge is -2.39. The van der Waals surface area contributed by atoms with Gasteiger partial charge in [-0.2, -0.15) is 0 Å². The number of esters is 1. The van der Waals surface area contributed by atoms with E-state index in [4.69, 9.17) is 18.9 Å². The predicted octanol–water partition coefficient (Wildman–Crippen LogP) is 11.4. The number of ether oxygens (including phenoxy) is 4. The van der Waals surface area contributed by atoms with E-state index in [0.717, 1.165) is 109 Å².